The van der Waals surface area contributed by atoms with E-state index in [1.165, 1.54) is 4.90 Å². The summed E-state index contributed by atoms with van der Waals surface area (Å²) < 4.78 is 6.01. The molecule has 0 aliphatic carbocycles. The summed E-state index contributed by atoms with van der Waals surface area (Å²) in [5, 5.41) is 3.35. The molecule has 0 bridgehead atoms. The van der Waals surface area contributed by atoms with E-state index in [0.717, 1.165) is 34.1 Å². The number of aromatic nitrogens is 2. The highest BCUT2D eigenvalue weighted by molar-refractivity contribution is 7.98. The minimum atomic E-state index is 0.407. The van der Waals surface area contributed by atoms with Crippen LogP contribution < -0.4 is 10.1 Å². The number of nitrogens with zero attached hydrogens (tertiary/aromatic N) is 2. The van der Waals surface area contributed by atoms with Crippen molar-refractivity contribution in [2.24, 2.45) is 0 Å². The summed E-state index contributed by atoms with van der Waals surface area (Å²) in [6.07, 6.45) is 8.98. The topological polar surface area (TPSA) is 47.0 Å². The number of nitrogens with one attached hydrogen (secondary N) is 1. The number of benzene rings is 2. The lowest BCUT2D eigenvalue weighted by Crippen LogP contribution is -2.01. The number of allylic oxidation sites excluding steroid dienone is 2. The SMILES string of the molecule is C=C/C=C(\C=C)COc1ccccc1-c1cc(Nc2cccc(SC)c2)ncn1. The first-order valence-corrected chi connectivity index (χ1v) is 10.4. The lowest BCUT2D eigenvalue weighted by atomic mass is 10.1. The summed E-state index contributed by atoms with van der Waals surface area (Å²) in [6, 6.07) is 17.9. The average Bonchev–Trinajstić information content (AvgIpc) is 2.77. The molecule has 0 amide bonds. The van der Waals surface area contributed by atoms with Crippen LogP contribution in [0.15, 0.2) is 103 Å². The highest BCUT2D eigenvalue weighted by Gasteiger charge is 2.09. The van der Waals surface area contributed by atoms with Gasteiger partial charge in [0.2, 0.25) is 0 Å². The Morgan fingerprint density at radius 1 is 1.10 bits per heavy atom. The third-order valence-electron chi connectivity index (χ3n) is 4.16. The van der Waals surface area contributed by atoms with Gasteiger partial charge in [-0.25, -0.2) is 9.97 Å². The number of thioether (sulfide) groups is 1. The van der Waals surface area contributed by atoms with Gasteiger partial charge in [-0.15, -0.1) is 11.8 Å². The van der Waals surface area contributed by atoms with Crippen LogP contribution in [-0.4, -0.2) is 22.8 Å². The molecule has 4 nitrogen and oxygen atoms in total. The van der Waals surface area contributed by atoms with Gasteiger partial charge in [0, 0.05) is 22.2 Å². The van der Waals surface area contributed by atoms with Crippen LogP contribution in [-0.2, 0) is 0 Å². The molecule has 29 heavy (non-hydrogen) atoms. The zero-order valence-electron chi connectivity index (χ0n) is 16.3. The van der Waals surface area contributed by atoms with Crippen molar-refractivity contribution in [2.75, 3.05) is 18.2 Å². The summed E-state index contributed by atoms with van der Waals surface area (Å²) in [5.41, 5.74) is 3.62. The molecule has 0 spiro atoms. The van der Waals surface area contributed by atoms with Crippen molar-refractivity contribution in [1.29, 1.82) is 0 Å². The lowest BCUT2D eigenvalue weighted by Gasteiger charge is -2.12. The zero-order valence-corrected chi connectivity index (χ0v) is 17.2. The van der Waals surface area contributed by atoms with Crippen molar-refractivity contribution in [3.8, 4) is 17.0 Å². The van der Waals surface area contributed by atoms with Gasteiger partial charge in [0.1, 0.15) is 24.5 Å². The average molecular weight is 402 g/mol. The van der Waals surface area contributed by atoms with Gasteiger partial charge in [0.05, 0.1) is 5.69 Å². The van der Waals surface area contributed by atoms with Crippen molar-refractivity contribution >= 4 is 23.3 Å². The Balaban J connectivity index is 1.84. The van der Waals surface area contributed by atoms with E-state index in [1.54, 1.807) is 30.2 Å². The molecule has 0 unspecified atom stereocenters. The fraction of sp³-hybridized carbons (Fsp3) is 0.0833. The molecule has 0 atom stereocenters. The predicted molar refractivity (Wildman–Crippen MR) is 123 cm³/mol. The summed E-state index contributed by atoms with van der Waals surface area (Å²) >= 11 is 1.70. The van der Waals surface area contributed by atoms with E-state index in [0.29, 0.717) is 6.61 Å². The maximum Gasteiger partial charge on any atom is 0.134 e. The summed E-state index contributed by atoms with van der Waals surface area (Å²) in [4.78, 5) is 9.99. The maximum atomic E-state index is 6.01. The van der Waals surface area contributed by atoms with E-state index in [4.69, 9.17) is 4.74 Å². The molecule has 5 heteroatoms. The lowest BCUT2D eigenvalue weighted by molar-refractivity contribution is 0.357. The molecule has 146 valence electrons. The van der Waals surface area contributed by atoms with Crippen molar-refractivity contribution in [3.05, 3.63) is 97.9 Å². The molecule has 2 aromatic carbocycles. The highest BCUT2D eigenvalue weighted by atomic mass is 32.2. The Bertz CT molecular complexity index is 1030. The number of hydrogen-bond donors (Lipinski definition) is 1. The molecule has 3 rings (SSSR count). The smallest absolute Gasteiger partial charge is 0.134 e. The summed E-state index contributed by atoms with van der Waals surface area (Å²) in [6.45, 7) is 7.94. The van der Waals surface area contributed by atoms with E-state index in [2.05, 4.69) is 46.8 Å². The van der Waals surface area contributed by atoms with Crippen LogP contribution in [0.2, 0.25) is 0 Å². The molecular formula is C24H23N3OS. The molecule has 0 saturated carbocycles. The Labute approximate surface area is 176 Å². The van der Waals surface area contributed by atoms with Gasteiger partial charge < -0.3 is 10.1 Å². The van der Waals surface area contributed by atoms with E-state index in [9.17, 15) is 0 Å². The van der Waals surface area contributed by atoms with Crippen LogP contribution >= 0.6 is 11.8 Å². The van der Waals surface area contributed by atoms with Gasteiger partial charge in [-0.1, -0.05) is 49.6 Å². The standard InChI is InChI=1S/C24H23N3OS/c1-4-9-18(5-2)16-28-23-13-7-6-12-21(23)22-15-24(26-17-25-22)27-19-10-8-11-20(14-19)29-3/h4-15,17H,1-2,16H2,3H3,(H,25,26,27)/b18-9+. The Kier molecular flexibility index (Phi) is 7.25. The molecule has 1 aromatic heterocycles. The van der Waals surface area contributed by atoms with E-state index < -0.39 is 0 Å². The monoisotopic (exact) mass is 401 g/mol. The van der Waals surface area contributed by atoms with Crippen LogP contribution in [0.1, 0.15) is 0 Å². The second-order valence-electron chi connectivity index (χ2n) is 6.11. The maximum absolute atomic E-state index is 6.01. The highest BCUT2D eigenvalue weighted by Crippen LogP contribution is 2.30. The normalized spacial score (nSPS) is 11.0. The number of hydrogen-bond acceptors (Lipinski definition) is 5. The molecule has 0 radical (unpaired) electrons. The number of ether oxygens (including phenoxy) is 1. The van der Waals surface area contributed by atoms with Gasteiger partial charge in [0.15, 0.2) is 0 Å². The van der Waals surface area contributed by atoms with Gasteiger partial charge >= 0.3 is 0 Å². The van der Waals surface area contributed by atoms with Gasteiger partial charge in [-0.05, 0) is 42.2 Å². The number of para-hydroxylation sites is 1. The van der Waals surface area contributed by atoms with Crippen LogP contribution in [0, 0.1) is 0 Å². The van der Waals surface area contributed by atoms with Crippen LogP contribution in [0.3, 0.4) is 0 Å². The first kappa shape index (κ1) is 20.4. The molecule has 1 heterocycles. The Morgan fingerprint density at radius 2 is 1.97 bits per heavy atom. The third kappa shape index (κ3) is 5.59. The van der Waals surface area contributed by atoms with E-state index >= 15 is 0 Å². The molecule has 0 saturated heterocycles. The molecule has 3 aromatic rings. The first-order valence-electron chi connectivity index (χ1n) is 9.13. The van der Waals surface area contributed by atoms with Gasteiger partial charge in [0.25, 0.3) is 0 Å². The first-order chi connectivity index (χ1) is 14.2. The van der Waals surface area contributed by atoms with Crippen LogP contribution in [0.4, 0.5) is 11.5 Å². The fourth-order valence-electron chi connectivity index (χ4n) is 2.71. The Morgan fingerprint density at radius 3 is 2.76 bits per heavy atom. The second kappa shape index (κ2) is 10.3. The van der Waals surface area contributed by atoms with Gasteiger partial charge in [-0.2, -0.15) is 0 Å². The summed E-state index contributed by atoms with van der Waals surface area (Å²) in [7, 11) is 0. The van der Waals surface area contributed by atoms with Crippen LogP contribution in [0.25, 0.3) is 11.3 Å². The third-order valence-corrected chi connectivity index (χ3v) is 4.89. The fourth-order valence-corrected chi connectivity index (χ4v) is 3.17. The number of anilines is 2. The van der Waals surface area contributed by atoms with Crippen molar-refractivity contribution in [1.82, 2.24) is 9.97 Å². The second-order valence-corrected chi connectivity index (χ2v) is 6.99. The molecule has 0 aliphatic heterocycles. The Hall–Kier alpha value is -3.31. The summed E-state index contributed by atoms with van der Waals surface area (Å²) in [5.74, 6) is 1.47. The van der Waals surface area contributed by atoms with Crippen molar-refractivity contribution < 1.29 is 4.74 Å². The molecule has 1 N–H and O–H groups in total. The van der Waals surface area contributed by atoms with Crippen molar-refractivity contribution in [2.45, 2.75) is 4.90 Å². The van der Waals surface area contributed by atoms with E-state index in [1.807, 2.05) is 48.5 Å². The quantitative estimate of drug-likeness (QED) is 0.337. The minimum absolute atomic E-state index is 0.407. The number of rotatable bonds is 9. The molecule has 0 fully saturated rings. The molecule has 0 aliphatic rings. The molecular weight excluding hydrogens is 378 g/mol. The minimum Gasteiger partial charge on any atom is -0.488 e. The zero-order chi connectivity index (χ0) is 20.5. The largest absolute Gasteiger partial charge is 0.488 e. The van der Waals surface area contributed by atoms with E-state index in [-0.39, 0.29) is 0 Å². The predicted octanol–water partition coefficient (Wildman–Crippen LogP) is 6.29. The van der Waals surface area contributed by atoms with Gasteiger partial charge in [-0.3, -0.25) is 0 Å². The van der Waals surface area contributed by atoms with Crippen molar-refractivity contribution in [3.63, 3.8) is 0 Å². The van der Waals surface area contributed by atoms with Crippen LogP contribution in [0.5, 0.6) is 5.75 Å².